The molecule has 6 nitrogen and oxygen atoms in total. The third-order valence-electron chi connectivity index (χ3n) is 5.50. The molecule has 0 aromatic heterocycles. The number of likely N-dealkylation sites (N-methyl/N-ethyl adjacent to an activating group) is 1. The number of hydrogen-bond acceptors (Lipinski definition) is 4. The Morgan fingerprint density at radius 1 is 1.19 bits per heavy atom. The largest absolute Gasteiger partial charge is 0.478 e. The second-order valence-electron chi connectivity index (χ2n) is 8.56. The number of carbonyl (C=O) groups is 2. The summed E-state index contributed by atoms with van der Waals surface area (Å²) in [5.74, 6) is -1.05. The summed E-state index contributed by atoms with van der Waals surface area (Å²) in [7, 11) is 1.67. The van der Waals surface area contributed by atoms with E-state index in [2.05, 4.69) is 58.3 Å². The Kier molecular flexibility index (Phi) is 20.1. The average molecular weight is 454 g/mol. The first-order valence-electron chi connectivity index (χ1n) is 12.4. The highest BCUT2D eigenvalue weighted by molar-refractivity contribution is 5.86. The Hall–Kier alpha value is -1.82. The molecule has 0 aromatic carbocycles. The SMILES string of the molecule is C=C(NCC(=O)N(C)C/C=C(\C)C(=O)O)C1CCCCN1C(C)CC.CCC.CCCC. The fourth-order valence-corrected chi connectivity index (χ4v) is 3.00. The minimum Gasteiger partial charge on any atom is -0.478 e. The Morgan fingerprint density at radius 2 is 1.75 bits per heavy atom. The molecular formula is C26H51N3O3. The maximum atomic E-state index is 12.2. The summed E-state index contributed by atoms with van der Waals surface area (Å²) in [5, 5.41) is 12.0. The number of likely N-dealkylation sites (tertiary alicyclic amines) is 1. The Labute approximate surface area is 198 Å². The van der Waals surface area contributed by atoms with Crippen molar-refractivity contribution in [3.63, 3.8) is 0 Å². The van der Waals surface area contributed by atoms with Crippen LogP contribution >= 0.6 is 0 Å². The maximum Gasteiger partial charge on any atom is 0.331 e. The van der Waals surface area contributed by atoms with Crippen molar-refractivity contribution >= 4 is 11.9 Å². The van der Waals surface area contributed by atoms with Gasteiger partial charge in [-0.15, -0.1) is 0 Å². The molecule has 32 heavy (non-hydrogen) atoms. The standard InChI is InChI=1S/C19H33N3O3.C4H10.C3H8/c1-6-15(3)22-11-8-7-9-17(22)16(4)20-13-18(23)21(5)12-10-14(2)19(24)25;1-3-4-2;1-3-2/h10,15,17,20H,4,6-9,11-13H2,1-3,5H3,(H,24,25);3-4H2,1-2H3;3H2,1-2H3/b14-10+;;. The van der Waals surface area contributed by atoms with Crippen LogP contribution in [0.1, 0.15) is 93.4 Å². The number of unbranched alkanes of at least 4 members (excludes halogenated alkanes) is 1. The van der Waals surface area contributed by atoms with Crippen LogP contribution < -0.4 is 5.32 Å². The highest BCUT2D eigenvalue weighted by Gasteiger charge is 2.27. The van der Waals surface area contributed by atoms with Gasteiger partial charge in [0.25, 0.3) is 0 Å². The van der Waals surface area contributed by atoms with Gasteiger partial charge >= 0.3 is 5.97 Å². The number of nitrogens with one attached hydrogen (secondary N) is 1. The lowest BCUT2D eigenvalue weighted by atomic mass is 9.97. The number of nitrogens with zero attached hydrogens (tertiary/aromatic N) is 2. The predicted octanol–water partition coefficient (Wildman–Crippen LogP) is 5.45. The van der Waals surface area contributed by atoms with Gasteiger partial charge in [0.05, 0.1) is 6.54 Å². The average Bonchev–Trinajstić information content (AvgIpc) is 2.80. The first-order chi connectivity index (χ1) is 15.1. The number of carboxylic acids is 1. The number of rotatable bonds is 10. The molecule has 0 aliphatic carbocycles. The number of piperidine rings is 1. The molecule has 0 aromatic rings. The van der Waals surface area contributed by atoms with Crippen LogP contribution in [0.2, 0.25) is 0 Å². The first kappa shape index (κ1) is 32.4. The summed E-state index contributed by atoms with van der Waals surface area (Å²) in [6, 6.07) is 0.780. The van der Waals surface area contributed by atoms with Gasteiger partial charge in [-0.1, -0.05) is 73.0 Å². The second kappa shape index (κ2) is 19.8. The molecule has 188 valence electrons. The van der Waals surface area contributed by atoms with E-state index in [1.54, 1.807) is 13.1 Å². The van der Waals surface area contributed by atoms with Crippen molar-refractivity contribution in [3.8, 4) is 0 Å². The van der Waals surface area contributed by atoms with E-state index in [0.717, 1.165) is 25.1 Å². The molecule has 1 fully saturated rings. The van der Waals surface area contributed by atoms with Crippen LogP contribution in [0, 0.1) is 0 Å². The van der Waals surface area contributed by atoms with Gasteiger partial charge in [0.15, 0.2) is 0 Å². The molecule has 2 N–H and O–H groups in total. The molecule has 2 atom stereocenters. The van der Waals surface area contributed by atoms with E-state index in [9.17, 15) is 9.59 Å². The van der Waals surface area contributed by atoms with Crippen molar-refractivity contribution in [1.82, 2.24) is 15.1 Å². The van der Waals surface area contributed by atoms with E-state index in [-0.39, 0.29) is 30.6 Å². The lowest BCUT2D eigenvalue weighted by Crippen LogP contribution is -2.49. The van der Waals surface area contributed by atoms with Gasteiger partial charge < -0.3 is 15.3 Å². The quantitative estimate of drug-likeness (QED) is 0.430. The van der Waals surface area contributed by atoms with Crippen molar-refractivity contribution in [1.29, 1.82) is 0 Å². The number of amides is 1. The van der Waals surface area contributed by atoms with Crippen molar-refractivity contribution in [2.24, 2.45) is 0 Å². The molecule has 0 saturated carbocycles. The predicted molar refractivity (Wildman–Crippen MR) is 137 cm³/mol. The van der Waals surface area contributed by atoms with E-state index >= 15 is 0 Å². The van der Waals surface area contributed by atoms with Crippen LogP contribution in [-0.4, -0.2) is 65.5 Å². The molecule has 1 aliphatic heterocycles. The summed E-state index contributed by atoms with van der Waals surface area (Å²) in [6.07, 6.45) is 10.00. The molecule has 1 saturated heterocycles. The van der Waals surface area contributed by atoms with Gasteiger partial charge in [0.1, 0.15) is 0 Å². The third-order valence-corrected chi connectivity index (χ3v) is 5.50. The van der Waals surface area contributed by atoms with Crippen LogP contribution in [0.4, 0.5) is 0 Å². The van der Waals surface area contributed by atoms with Gasteiger partial charge in [0, 0.05) is 36.9 Å². The Bertz CT molecular complexity index is 559. The number of carbonyl (C=O) groups excluding carboxylic acids is 1. The molecule has 0 bridgehead atoms. The second-order valence-corrected chi connectivity index (χ2v) is 8.56. The van der Waals surface area contributed by atoms with E-state index < -0.39 is 5.97 Å². The molecule has 1 heterocycles. The van der Waals surface area contributed by atoms with E-state index in [1.807, 2.05) is 0 Å². The van der Waals surface area contributed by atoms with E-state index in [0.29, 0.717) is 6.04 Å². The first-order valence-corrected chi connectivity index (χ1v) is 12.4. The van der Waals surface area contributed by atoms with Crippen LogP contribution in [-0.2, 0) is 9.59 Å². The zero-order valence-corrected chi connectivity index (χ0v) is 22.2. The van der Waals surface area contributed by atoms with Crippen molar-refractivity contribution in [3.05, 3.63) is 23.9 Å². The summed E-state index contributed by atoms with van der Waals surface area (Å²) < 4.78 is 0. The molecule has 1 aliphatic rings. The van der Waals surface area contributed by atoms with Crippen LogP contribution in [0.5, 0.6) is 0 Å². The summed E-state index contributed by atoms with van der Waals surface area (Å²) >= 11 is 0. The zero-order valence-electron chi connectivity index (χ0n) is 22.2. The van der Waals surface area contributed by atoms with Crippen molar-refractivity contribution < 1.29 is 14.7 Å². The number of hydrogen-bond donors (Lipinski definition) is 2. The lowest BCUT2D eigenvalue weighted by molar-refractivity contribution is -0.133. The van der Waals surface area contributed by atoms with E-state index in [4.69, 9.17) is 5.11 Å². The highest BCUT2D eigenvalue weighted by atomic mass is 16.4. The lowest BCUT2D eigenvalue weighted by Gasteiger charge is -2.40. The summed E-state index contributed by atoms with van der Waals surface area (Å²) in [5.41, 5.74) is 1.14. The summed E-state index contributed by atoms with van der Waals surface area (Å²) in [4.78, 5) is 27.0. The van der Waals surface area contributed by atoms with Crippen molar-refractivity contribution in [2.75, 3.05) is 26.7 Å². The van der Waals surface area contributed by atoms with Gasteiger partial charge in [-0.2, -0.15) is 0 Å². The van der Waals surface area contributed by atoms with Crippen LogP contribution in [0.15, 0.2) is 23.9 Å². The maximum absolute atomic E-state index is 12.2. The molecule has 1 rings (SSSR count). The smallest absolute Gasteiger partial charge is 0.331 e. The minimum atomic E-state index is -0.963. The highest BCUT2D eigenvalue weighted by Crippen LogP contribution is 2.24. The minimum absolute atomic E-state index is 0.0820. The Balaban J connectivity index is 0. The van der Waals surface area contributed by atoms with E-state index in [1.165, 1.54) is 43.9 Å². The van der Waals surface area contributed by atoms with Gasteiger partial charge in [0.2, 0.25) is 5.91 Å². The zero-order chi connectivity index (χ0) is 25.1. The normalized spacial score (nSPS) is 17.1. The number of aliphatic carboxylic acids is 1. The fourth-order valence-electron chi connectivity index (χ4n) is 3.00. The number of carboxylic acid groups (broad SMARTS) is 1. The molecule has 2 unspecified atom stereocenters. The molecule has 6 heteroatoms. The van der Waals surface area contributed by atoms with Crippen LogP contribution in [0.3, 0.4) is 0 Å². The summed E-state index contributed by atoms with van der Waals surface area (Å²) in [6.45, 7) is 20.3. The molecule has 0 spiro atoms. The Morgan fingerprint density at radius 3 is 2.22 bits per heavy atom. The van der Waals surface area contributed by atoms with Crippen molar-refractivity contribution in [2.45, 2.75) is 105 Å². The molecular weight excluding hydrogens is 402 g/mol. The van der Waals surface area contributed by atoms with Gasteiger partial charge in [-0.05, 0) is 39.7 Å². The molecule has 0 radical (unpaired) electrons. The van der Waals surface area contributed by atoms with Crippen LogP contribution in [0.25, 0.3) is 0 Å². The topological polar surface area (TPSA) is 72.9 Å². The van der Waals surface area contributed by atoms with Gasteiger partial charge in [-0.25, -0.2) is 4.79 Å². The monoisotopic (exact) mass is 453 g/mol. The van der Waals surface area contributed by atoms with Gasteiger partial charge in [-0.3, -0.25) is 9.69 Å². The molecule has 1 amide bonds. The fraction of sp³-hybridized carbons (Fsp3) is 0.769. The third kappa shape index (κ3) is 14.3.